The zero-order valence-corrected chi connectivity index (χ0v) is 9.54. The van der Waals surface area contributed by atoms with Crippen LogP contribution < -0.4 is 0 Å². The Morgan fingerprint density at radius 2 is 1.55 bits per heavy atom. The Hall–Kier alpha value is 0.217. The van der Waals surface area contributed by atoms with Crippen LogP contribution >= 0.6 is 0 Å². The van der Waals surface area contributed by atoms with Crippen molar-refractivity contribution in [1.82, 2.24) is 0 Å². The molecule has 0 saturated heterocycles. The van der Waals surface area contributed by atoms with Crippen LogP contribution in [0.5, 0.6) is 0 Å². The van der Waals surface area contributed by atoms with E-state index in [-0.39, 0.29) is 0 Å². The number of hydrogen-bond acceptors (Lipinski definition) is 0. The average Bonchev–Trinajstić information content (AvgIpc) is 2.09. The van der Waals surface area contributed by atoms with Gasteiger partial charge in [-0.05, 0) is 18.3 Å². The summed E-state index contributed by atoms with van der Waals surface area (Å²) < 4.78 is 0. The van der Waals surface area contributed by atoms with Crippen molar-refractivity contribution in [3.05, 3.63) is 0 Å². The zero-order chi connectivity index (χ0) is 8.54. The second-order valence-electron chi connectivity index (χ2n) is 5.76. The van der Waals surface area contributed by atoms with Gasteiger partial charge in [0.15, 0.2) is 0 Å². The van der Waals surface area contributed by atoms with Gasteiger partial charge < -0.3 is 0 Å². The number of hydrogen-bond donors (Lipinski definition) is 0. The first kappa shape index (κ1) is 9.31. The first-order valence-electron chi connectivity index (χ1n) is 4.91. The van der Waals surface area contributed by atoms with Gasteiger partial charge in [-0.25, -0.2) is 0 Å². The van der Waals surface area contributed by atoms with Crippen molar-refractivity contribution in [3.63, 3.8) is 0 Å². The highest BCUT2D eigenvalue weighted by atomic mass is 28.3. The van der Waals surface area contributed by atoms with Crippen molar-refractivity contribution in [2.45, 2.75) is 58.3 Å². The SMILES string of the molecule is CC1(C[Si](C)(C)C)CCCC1. The van der Waals surface area contributed by atoms with E-state index in [0.717, 1.165) is 5.41 Å². The summed E-state index contributed by atoms with van der Waals surface area (Å²) in [5, 5.41) is 0. The van der Waals surface area contributed by atoms with Crippen LogP contribution in [0, 0.1) is 5.41 Å². The van der Waals surface area contributed by atoms with Crippen LogP contribution in [0.3, 0.4) is 0 Å². The molecule has 1 aliphatic rings. The summed E-state index contributed by atoms with van der Waals surface area (Å²) in [5.74, 6) is 0. The molecule has 0 aromatic carbocycles. The van der Waals surface area contributed by atoms with Gasteiger partial charge in [0.2, 0.25) is 0 Å². The molecule has 1 fully saturated rings. The molecule has 0 atom stereocenters. The zero-order valence-electron chi connectivity index (χ0n) is 8.54. The van der Waals surface area contributed by atoms with Crippen LogP contribution in [0.1, 0.15) is 32.6 Å². The van der Waals surface area contributed by atoms with Gasteiger partial charge in [0.05, 0.1) is 0 Å². The normalized spacial score (nSPS) is 24.0. The van der Waals surface area contributed by atoms with Crippen molar-refractivity contribution >= 4 is 8.07 Å². The molecule has 0 unspecified atom stereocenters. The molecular weight excluding hydrogens is 148 g/mol. The number of rotatable bonds is 2. The molecule has 1 rings (SSSR count). The van der Waals surface area contributed by atoms with E-state index < -0.39 is 8.07 Å². The molecule has 11 heavy (non-hydrogen) atoms. The van der Waals surface area contributed by atoms with Crippen LogP contribution in [0.2, 0.25) is 25.7 Å². The Balaban J connectivity index is 2.46. The maximum Gasteiger partial charge on any atom is 0.0448 e. The molecule has 0 bridgehead atoms. The first-order valence-corrected chi connectivity index (χ1v) is 8.62. The standard InChI is InChI=1S/C10H22Si/c1-10(7-5-6-8-10)9-11(2,3)4/h5-9H2,1-4H3. The Bertz CT molecular complexity index is 126. The Morgan fingerprint density at radius 3 is 1.91 bits per heavy atom. The lowest BCUT2D eigenvalue weighted by Gasteiger charge is -2.30. The van der Waals surface area contributed by atoms with E-state index in [9.17, 15) is 0 Å². The van der Waals surface area contributed by atoms with Crippen molar-refractivity contribution in [1.29, 1.82) is 0 Å². The Morgan fingerprint density at radius 1 is 1.09 bits per heavy atom. The van der Waals surface area contributed by atoms with Crippen molar-refractivity contribution in [2.75, 3.05) is 0 Å². The molecule has 0 N–H and O–H groups in total. The smallest absolute Gasteiger partial charge is 0.0448 e. The molecule has 0 amide bonds. The van der Waals surface area contributed by atoms with Gasteiger partial charge in [0.25, 0.3) is 0 Å². The third-order valence-corrected chi connectivity index (χ3v) is 4.68. The van der Waals surface area contributed by atoms with Gasteiger partial charge in [0.1, 0.15) is 0 Å². The fraction of sp³-hybridized carbons (Fsp3) is 1.00. The van der Waals surface area contributed by atoms with E-state index in [4.69, 9.17) is 0 Å². The van der Waals surface area contributed by atoms with Gasteiger partial charge >= 0.3 is 0 Å². The van der Waals surface area contributed by atoms with E-state index in [0.29, 0.717) is 0 Å². The molecular formula is C10H22Si. The van der Waals surface area contributed by atoms with Gasteiger partial charge in [-0.1, -0.05) is 45.5 Å². The van der Waals surface area contributed by atoms with Crippen LogP contribution in [0.4, 0.5) is 0 Å². The maximum atomic E-state index is 2.50. The molecule has 0 nitrogen and oxygen atoms in total. The molecule has 66 valence electrons. The lowest BCUT2D eigenvalue weighted by atomic mass is 9.92. The van der Waals surface area contributed by atoms with E-state index in [2.05, 4.69) is 26.6 Å². The molecule has 0 spiro atoms. The minimum Gasteiger partial charge on any atom is -0.0695 e. The molecule has 1 heteroatoms. The predicted octanol–water partition coefficient (Wildman–Crippen LogP) is 3.90. The third-order valence-electron chi connectivity index (χ3n) is 2.77. The largest absolute Gasteiger partial charge is 0.0695 e. The summed E-state index contributed by atoms with van der Waals surface area (Å²) in [6, 6.07) is 1.54. The lowest BCUT2D eigenvalue weighted by molar-refractivity contribution is 0.376. The molecule has 0 aromatic rings. The summed E-state index contributed by atoms with van der Waals surface area (Å²) in [5.41, 5.74) is 0.741. The fourth-order valence-electron chi connectivity index (χ4n) is 2.69. The van der Waals surface area contributed by atoms with Gasteiger partial charge in [0, 0.05) is 8.07 Å². The predicted molar refractivity (Wildman–Crippen MR) is 54.7 cm³/mol. The summed E-state index contributed by atoms with van der Waals surface area (Å²) >= 11 is 0. The molecule has 0 heterocycles. The third kappa shape index (κ3) is 2.98. The average molecular weight is 170 g/mol. The van der Waals surface area contributed by atoms with Crippen molar-refractivity contribution in [3.8, 4) is 0 Å². The Kier molecular flexibility index (Phi) is 2.48. The monoisotopic (exact) mass is 170 g/mol. The summed E-state index contributed by atoms with van der Waals surface area (Å²) in [7, 11) is -0.795. The topological polar surface area (TPSA) is 0 Å². The molecule has 0 aromatic heterocycles. The minimum absolute atomic E-state index is 0.741. The van der Waals surface area contributed by atoms with E-state index in [1.807, 2.05) is 0 Å². The molecule has 0 aliphatic heterocycles. The van der Waals surface area contributed by atoms with Gasteiger partial charge in [-0.15, -0.1) is 0 Å². The van der Waals surface area contributed by atoms with Crippen LogP contribution in [-0.4, -0.2) is 8.07 Å². The van der Waals surface area contributed by atoms with E-state index >= 15 is 0 Å². The van der Waals surface area contributed by atoms with Crippen molar-refractivity contribution in [2.24, 2.45) is 5.41 Å². The van der Waals surface area contributed by atoms with Crippen LogP contribution in [-0.2, 0) is 0 Å². The summed E-state index contributed by atoms with van der Waals surface area (Å²) in [6.07, 6.45) is 5.97. The molecule has 0 radical (unpaired) electrons. The van der Waals surface area contributed by atoms with E-state index in [1.165, 1.54) is 25.7 Å². The maximum absolute atomic E-state index is 2.50. The second-order valence-corrected chi connectivity index (χ2v) is 11.2. The van der Waals surface area contributed by atoms with Gasteiger partial charge in [-0.2, -0.15) is 0 Å². The highest BCUT2D eigenvalue weighted by Gasteiger charge is 2.33. The van der Waals surface area contributed by atoms with Crippen molar-refractivity contribution < 1.29 is 0 Å². The first-order chi connectivity index (χ1) is 4.91. The quantitative estimate of drug-likeness (QED) is 0.551. The summed E-state index contributed by atoms with van der Waals surface area (Å²) in [4.78, 5) is 0. The van der Waals surface area contributed by atoms with Gasteiger partial charge in [-0.3, -0.25) is 0 Å². The minimum atomic E-state index is -0.795. The fourth-order valence-corrected chi connectivity index (χ4v) is 5.60. The molecule has 1 saturated carbocycles. The highest BCUT2D eigenvalue weighted by Crippen LogP contribution is 2.43. The Labute approximate surface area is 72.4 Å². The second kappa shape index (κ2) is 2.93. The summed E-state index contributed by atoms with van der Waals surface area (Å²) in [6.45, 7) is 9.99. The van der Waals surface area contributed by atoms with Crippen LogP contribution in [0.25, 0.3) is 0 Å². The molecule has 1 aliphatic carbocycles. The highest BCUT2D eigenvalue weighted by molar-refractivity contribution is 6.76. The lowest BCUT2D eigenvalue weighted by Crippen LogP contribution is -2.28. The van der Waals surface area contributed by atoms with E-state index in [1.54, 1.807) is 6.04 Å². The van der Waals surface area contributed by atoms with Crippen LogP contribution in [0.15, 0.2) is 0 Å².